The summed E-state index contributed by atoms with van der Waals surface area (Å²) in [6.07, 6.45) is 4.71. The van der Waals surface area contributed by atoms with Gasteiger partial charge >= 0.3 is 0 Å². The number of benzene rings is 1. The molecule has 4 rings (SSSR count). The summed E-state index contributed by atoms with van der Waals surface area (Å²) in [4.78, 5) is 21.8. The fourth-order valence-corrected chi connectivity index (χ4v) is 4.22. The number of morpholine rings is 1. The number of piperidine rings is 1. The summed E-state index contributed by atoms with van der Waals surface area (Å²) >= 11 is 0. The van der Waals surface area contributed by atoms with Gasteiger partial charge in [-0.05, 0) is 18.4 Å². The van der Waals surface area contributed by atoms with E-state index in [4.69, 9.17) is 4.74 Å². The van der Waals surface area contributed by atoms with E-state index in [2.05, 4.69) is 22.0 Å². The summed E-state index contributed by atoms with van der Waals surface area (Å²) in [5.41, 5.74) is 1.08. The van der Waals surface area contributed by atoms with Gasteiger partial charge in [-0.3, -0.25) is 4.79 Å². The highest BCUT2D eigenvalue weighted by Gasteiger charge is 2.38. The Bertz CT molecular complexity index is 786. The smallest absolute Gasteiger partial charge is 0.290 e. The molecule has 0 radical (unpaired) electrons. The van der Waals surface area contributed by atoms with Gasteiger partial charge in [-0.1, -0.05) is 30.3 Å². The van der Waals surface area contributed by atoms with E-state index < -0.39 is 0 Å². The van der Waals surface area contributed by atoms with Crippen LogP contribution in [0.1, 0.15) is 35.1 Å². The molecule has 1 N–H and O–H groups in total. The van der Waals surface area contributed by atoms with E-state index >= 15 is 0 Å². The number of aliphatic hydroxyl groups excluding tert-OH is 1. The largest absolute Gasteiger partial charge is 0.393 e. The standard InChI is InChI=1S/C21H28N4O3/c1-23-12-9-22-20(23)21(27)25-13-14-28-18(15-24-10-7-17(26)8-11-24)19(25)16-5-3-2-4-6-16/h2-6,9,12,17-19,26H,7-8,10-11,13-15H2,1H3/t18-,19-/m0/s1. The number of hydrogen-bond acceptors (Lipinski definition) is 5. The minimum atomic E-state index is -0.199. The van der Waals surface area contributed by atoms with Crippen LogP contribution in [0.15, 0.2) is 42.7 Å². The van der Waals surface area contributed by atoms with E-state index in [-0.39, 0.29) is 24.2 Å². The van der Waals surface area contributed by atoms with Crippen LogP contribution in [0.3, 0.4) is 0 Å². The first-order chi connectivity index (χ1) is 13.6. The third-order valence-corrected chi connectivity index (χ3v) is 5.76. The van der Waals surface area contributed by atoms with Crippen LogP contribution in [0.4, 0.5) is 0 Å². The first kappa shape index (κ1) is 19.1. The molecule has 2 aromatic rings. The van der Waals surface area contributed by atoms with Gasteiger partial charge in [0.05, 0.1) is 24.9 Å². The molecule has 2 aliphatic rings. The van der Waals surface area contributed by atoms with Crippen LogP contribution in [0, 0.1) is 0 Å². The van der Waals surface area contributed by atoms with Crippen molar-refractivity contribution in [1.29, 1.82) is 0 Å². The number of carbonyl (C=O) groups is 1. The van der Waals surface area contributed by atoms with Gasteiger partial charge in [0.2, 0.25) is 0 Å². The van der Waals surface area contributed by atoms with Crippen LogP contribution in [0.5, 0.6) is 0 Å². The SMILES string of the molecule is Cn1ccnc1C(=O)N1CCO[C@@H](CN2CCC(O)CC2)[C@@H]1c1ccccc1. The molecule has 1 aromatic carbocycles. The Kier molecular flexibility index (Phi) is 5.75. The molecule has 150 valence electrons. The molecule has 0 saturated carbocycles. The van der Waals surface area contributed by atoms with Crippen LogP contribution >= 0.6 is 0 Å². The zero-order valence-corrected chi connectivity index (χ0v) is 16.3. The van der Waals surface area contributed by atoms with Crippen molar-refractivity contribution in [3.63, 3.8) is 0 Å². The third-order valence-electron chi connectivity index (χ3n) is 5.76. The monoisotopic (exact) mass is 384 g/mol. The maximum absolute atomic E-state index is 13.3. The van der Waals surface area contributed by atoms with E-state index in [1.54, 1.807) is 17.0 Å². The van der Waals surface area contributed by atoms with Gasteiger partial charge in [0.1, 0.15) is 0 Å². The fourth-order valence-electron chi connectivity index (χ4n) is 4.22. The van der Waals surface area contributed by atoms with E-state index in [0.717, 1.165) is 38.0 Å². The highest BCUT2D eigenvalue weighted by Crippen LogP contribution is 2.31. The average Bonchev–Trinajstić information content (AvgIpc) is 3.15. The lowest BCUT2D eigenvalue weighted by atomic mass is 9.96. The molecule has 1 aromatic heterocycles. The van der Waals surface area contributed by atoms with Crippen LogP contribution < -0.4 is 0 Å². The number of likely N-dealkylation sites (tertiary alicyclic amines) is 1. The molecular weight excluding hydrogens is 356 g/mol. The van der Waals surface area contributed by atoms with Crippen molar-refractivity contribution >= 4 is 5.91 Å². The summed E-state index contributed by atoms with van der Waals surface area (Å²) in [7, 11) is 1.84. The van der Waals surface area contributed by atoms with Gasteiger partial charge < -0.3 is 24.2 Å². The summed E-state index contributed by atoms with van der Waals surface area (Å²) in [5, 5.41) is 9.79. The van der Waals surface area contributed by atoms with E-state index in [1.807, 2.05) is 30.1 Å². The number of ether oxygens (including phenoxy) is 1. The number of aromatic nitrogens is 2. The highest BCUT2D eigenvalue weighted by molar-refractivity contribution is 5.91. The number of amides is 1. The number of aliphatic hydroxyl groups is 1. The van der Waals surface area contributed by atoms with Gasteiger partial charge in [-0.2, -0.15) is 0 Å². The lowest BCUT2D eigenvalue weighted by Gasteiger charge is -2.43. The Morgan fingerprint density at radius 2 is 1.96 bits per heavy atom. The maximum Gasteiger partial charge on any atom is 0.290 e. The van der Waals surface area contributed by atoms with Crippen molar-refractivity contribution in [2.24, 2.45) is 7.05 Å². The topological polar surface area (TPSA) is 70.8 Å². The van der Waals surface area contributed by atoms with Crippen molar-refractivity contribution in [3.8, 4) is 0 Å². The van der Waals surface area contributed by atoms with Crippen molar-refractivity contribution in [2.75, 3.05) is 32.8 Å². The Labute approximate surface area is 165 Å². The molecule has 1 amide bonds. The number of carbonyl (C=O) groups excluding carboxylic acids is 1. The van der Waals surface area contributed by atoms with Gasteiger partial charge in [0.25, 0.3) is 5.91 Å². The third kappa shape index (κ3) is 3.97. The van der Waals surface area contributed by atoms with Crippen LogP contribution in [-0.2, 0) is 11.8 Å². The molecule has 2 fully saturated rings. The number of rotatable bonds is 4. The summed E-state index contributed by atoms with van der Waals surface area (Å²) in [6, 6.07) is 9.95. The van der Waals surface area contributed by atoms with Gasteiger partial charge in [0, 0.05) is 45.6 Å². The van der Waals surface area contributed by atoms with Crippen LogP contribution in [0.2, 0.25) is 0 Å². The van der Waals surface area contributed by atoms with Crippen molar-refractivity contribution in [2.45, 2.75) is 31.1 Å². The first-order valence-electron chi connectivity index (χ1n) is 9.99. The Morgan fingerprint density at radius 3 is 2.64 bits per heavy atom. The molecule has 28 heavy (non-hydrogen) atoms. The van der Waals surface area contributed by atoms with Crippen molar-refractivity contribution in [1.82, 2.24) is 19.4 Å². The second-order valence-electron chi connectivity index (χ2n) is 7.66. The molecule has 3 heterocycles. The van der Waals surface area contributed by atoms with E-state index in [9.17, 15) is 9.90 Å². The Morgan fingerprint density at radius 1 is 1.21 bits per heavy atom. The zero-order chi connectivity index (χ0) is 19.5. The van der Waals surface area contributed by atoms with Gasteiger partial charge in [0.15, 0.2) is 5.82 Å². The lowest BCUT2D eigenvalue weighted by Crippen LogP contribution is -2.53. The number of hydrogen-bond donors (Lipinski definition) is 1. The Hall–Kier alpha value is -2.22. The minimum absolute atomic E-state index is 0.0660. The lowest BCUT2D eigenvalue weighted by molar-refractivity contribution is -0.0774. The second kappa shape index (κ2) is 8.43. The summed E-state index contributed by atoms with van der Waals surface area (Å²) < 4.78 is 7.94. The van der Waals surface area contributed by atoms with Crippen molar-refractivity contribution in [3.05, 3.63) is 54.1 Å². The molecular formula is C21H28N4O3. The number of imidazole rings is 1. The van der Waals surface area contributed by atoms with E-state index in [0.29, 0.717) is 19.0 Å². The minimum Gasteiger partial charge on any atom is -0.393 e. The van der Waals surface area contributed by atoms with Gasteiger partial charge in [-0.25, -0.2) is 4.98 Å². The normalized spacial score (nSPS) is 24.4. The fraction of sp³-hybridized carbons (Fsp3) is 0.524. The Balaban J connectivity index is 1.60. The molecule has 2 atom stereocenters. The molecule has 7 nitrogen and oxygen atoms in total. The zero-order valence-electron chi connectivity index (χ0n) is 16.3. The maximum atomic E-state index is 13.3. The van der Waals surface area contributed by atoms with Gasteiger partial charge in [-0.15, -0.1) is 0 Å². The van der Waals surface area contributed by atoms with Crippen LogP contribution in [-0.4, -0.2) is 75.4 Å². The molecule has 2 aliphatic heterocycles. The van der Waals surface area contributed by atoms with Crippen molar-refractivity contribution < 1.29 is 14.6 Å². The second-order valence-corrected chi connectivity index (χ2v) is 7.66. The predicted octanol–water partition coefficient (Wildman–Crippen LogP) is 1.46. The quantitative estimate of drug-likeness (QED) is 0.864. The number of nitrogens with zero attached hydrogens (tertiary/aromatic N) is 4. The predicted molar refractivity (Wildman–Crippen MR) is 105 cm³/mol. The molecule has 7 heteroatoms. The summed E-state index contributed by atoms with van der Waals surface area (Å²) in [5.74, 6) is 0.381. The molecule has 0 unspecified atom stereocenters. The molecule has 0 aliphatic carbocycles. The van der Waals surface area contributed by atoms with Crippen LogP contribution in [0.25, 0.3) is 0 Å². The first-order valence-corrected chi connectivity index (χ1v) is 9.99. The molecule has 0 bridgehead atoms. The number of aryl methyl sites for hydroxylation is 1. The summed E-state index contributed by atoms with van der Waals surface area (Å²) in [6.45, 7) is 3.52. The molecule has 2 saturated heterocycles. The highest BCUT2D eigenvalue weighted by atomic mass is 16.5. The molecule has 0 spiro atoms. The van der Waals surface area contributed by atoms with E-state index in [1.165, 1.54) is 0 Å². The average molecular weight is 384 g/mol.